The number of sulfonamides is 1. The molecule has 160 valence electrons. The number of benzene rings is 2. The maximum absolute atomic E-state index is 13.9. The van der Waals surface area contributed by atoms with Crippen LogP contribution in [0.4, 0.5) is 5.69 Å². The summed E-state index contributed by atoms with van der Waals surface area (Å²) in [6.07, 6.45) is 2.84. The van der Waals surface area contributed by atoms with Crippen molar-refractivity contribution in [3.63, 3.8) is 0 Å². The largest absolute Gasteiger partial charge is 0.389 e. The van der Waals surface area contributed by atoms with E-state index in [0.29, 0.717) is 17.9 Å². The summed E-state index contributed by atoms with van der Waals surface area (Å²) in [7, 11) is -3.92. The SMILES string of the molecule is Cc1ccc(S(=O)(=O)N2C3=C[C@@H](O)[C@@H]4CCCN5C(=O)C[C@@]3(c3ccccc32)[C@H]45)cc1. The van der Waals surface area contributed by atoms with Crippen LogP contribution in [0, 0.1) is 12.8 Å². The molecule has 2 aromatic rings. The number of hydrogen-bond acceptors (Lipinski definition) is 4. The van der Waals surface area contributed by atoms with Crippen LogP contribution < -0.4 is 4.31 Å². The van der Waals surface area contributed by atoms with Crippen molar-refractivity contribution in [1.82, 2.24) is 4.90 Å². The van der Waals surface area contributed by atoms with Crippen molar-refractivity contribution in [3.05, 3.63) is 71.4 Å². The summed E-state index contributed by atoms with van der Waals surface area (Å²) < 4.78 is 29.2. The Morgan fingerprint density at radius 2 is 1.84 bits per heavy atom. The summed E-state index contributed by atoms with van der Waals surface area (Å²) in [5, 5.41) is 11.0. The van der Waals surface area contributed by atoms with Gasteiger partial charge in [-0.2, -0.15) is 0 Å². The van der Waals surface area contributed by atoms with Crippen molar-refractivity contribution in [1.29, 1.82) is 0 Å². The normalized spacial score (nSPS) is 31.2. The van der Waals surface area contributed by atoms with Crippen LogP contribution >= 0.6 is 0 Å². The molecule has 0 radical (unpaired) electrons. The lowest BCUT2D eigenvalue weighted by molar-refractivity contribution is -0.131. The van der Waals surface area contributed by atoms with Gasteiger partial charge in [0.1, 0.15) is 0 Å². The molecule has 0 saturated carbocycles. The summed E-state index contributed by atoms with van der Waals surface area (Å²) in [4.78, 5) is 15.2. The summed E-state index contributed by atoms with van der Waals surface area (Å²) in [6, 6.07) is 14.1. The van der Waals surface area contributed by atoms with Gasteiger partial charge in [-0.25, -0.2) is 12.7 Å². The number of nitrogens with zero attached hydrogens (tertiary/aromatic N) is 2. The number of para-hydroxylation sites is 1. The van der Waals surface area contributed by atoms with Gasteiger partial charge in [0.05, 0.1) is 28.1 Å². The van der Waals surface area contributed by atoms with Gasteiger partial charge in [-0.3, -0.25) is 4.79 Å². The molecule has 1 amide bonds. The van der Waals surface area contributed by atoms with Gasteiger partial charge in [0, 0.05) is 24.6 Å². The van der Waals surface area contributed by atoms with Crippen LogP contribution in [0.5, 0.6) is 0 Å². The monoisotopic (exact) mass is 436 g/mol. The van der Waals surface area contributed by atoms with Crippen LogP contribution in [0.15, 0.2) is 65.2 Å². The number of piperidine rings is 1. The number of carbonyl (C=O) groups is 1. The maximum Gasteiger partial charge on any atom is 0.268 e. The van der Waals surface area contributed by atoms with Crippen LogP contribution in [0.3, 0.4) is 0 Å². The van der Waals surface area contributed by atoms with E-state index >= 15 is 0 Å². The molecule has 1 spiro atoms. The topological polar surface area (TPSA) is 77.9 Å². The van der Waals surface area contributed by atoms with E-state index in [1.165, 1.54) is 4.31 Å². The van der Waals surface area contributed by atoms with E-state index in [9.17, 15) is 18.3 Å². The fraction of sp³-hybridized carbons (Fsp3) is 0.375. The molecule has 7 heteroatoms. The van der Waals surface area contributed by atoms with Crippen LogP contribution in [0.25, 0.3) is 0 Å². The smallest absolute Gasteiger partial charge is 0.268 e. The van der Waals surface area contributed by atoms with Gasteiger partial charge in [-0.05, 0) is 49.6 Å². The highest BCUT2D eigenvalue weighted by Gasteiger charge is 2.66. The van der Waals surface area contributed by atoms with E-state index < -0.39 is 21.5 Å². The Morgan fingerprint density at radius 3 is 2.61 bits per heavy atom. The van der Waals surface area contributed by atoms with Gasteiger partial charge < -0.3 is 10.0 Å². The molecule has 0 bridgehead atoms. The van der Waals surface area contributed by atoms with Gasteiger partial charge in [-0.15, -0.1) is 0 Å². The number of aliphatic hydroxyl groups excluding tert-OH is 1. The Kier molecular flexibility index (Phi) is 3.82. The van der Waals surface area contributed by atoms with Crippen molar-refractivity contribution < 1.29 is 18.3 Å². The number of hydrogen-bond donors (Lipinski definition) is 1. The van der Waals surface area contributed by atoms with E-state index in [1.807, 2.05) is 36.1 Å². The molecule has 2 saturated heterocycles. The molecule has 31 heavy (non-hydrogen) atoms. The first kappa shape index (κ1) is 19.1. The number of fused-ring (bicyclic) bond motifs is 1. The molecule has 4 atom stereocenters. The van der Waals surface area contributed by atoms with Crippen LogP contribution in [-0.4, -0.2) is 43.0 Å². The van der Waals surface area contributed by atoms with Crippen molar-refractivity contribution in [2.24, 2.45) is 5.92 Å². The molecule has 0 unspecified atom stereocenters. The van der Waals surface area contributed by atoms with E-state index in [1.54, 1.807) is 30.3 Å². The third-order valence-corrected chi connectivity index (χ3v) is 9.28. The molecule has 2 aromatic carbocycles. The first-order valence-electron chi connectivity index (χ1n) is 10.8. The minimum atomic E-state index is -3.92. The predicted molar refractivity (Wildman–Crippen MR) is 116 cm³/mol. The lowest BCUT2D eigenvalue weighted by atomic mass is 9.63. The summed E-state index contributed by atoms with van der Waals surface area (Å²) in [5.41, 5.74) is 2.22. The molecule has 1 N–H and O–H groups in total. The van der Waals surface area contributed by atoms with Gasteiger partial charge in [0.25, 0.3) is 10.0 Å². The second-order valence-electron chi connectivity index (χ2n) is 9.13. The van der Waals surface area contributed by atoms with Crippen LogP contribution in [0.2, 0.25) is 0 Å². The van der Waals surface area contributed by atoms with Crippen molar-refractivity contribution in [2.45, 2.75) is 48.6 Å². The molecule has 3 aliphatic heterocycles. The minimum Gasteiger partial charge on any atom is -0.389 e. The zero-order chi connectivity index (χ0) is 21.5. The van der Waals surface area contributed by atoms with Crippen LogP contribution in [-0.2, 0) is 20.2 Å². The summed E-state index contributed by atoms with van der Waals surface area (Å²) in [6.45, 7) is 2.58. The van der Waals surface area contributed by atoms with Gasteiger partial charge >= 0.3 is 0 Å². The molecular weight excluding hydrogens is 412 g/mol. The fourth-order valence-electron chi connectivity index (χ4n) is 6.29. The molecule has 2 fully saturated rings. The van der Waals surface area contributed by atoms with Gasteiger partial charge in [0.2, 0.25) is 5.91 Å². The molecule has 0 aromatic heterocycles. The van der Waals surface area contributed by atoms with E-state index in [2.05, 4.69) is 0 Å². The van der Waals surface area contributed by atoms with Crippen molar-refractivity contribution >= 4 is 21.6 Å². The fourth-order valence-corrected chi connectivity index (χ4v) is 7.88. The maximum atomic E-state index is 13.9. The Bertz CT molecular complexity index is 1240. The lowest BCUT2D eigenvalue weighted by Crippen LogP contribution is -2.57. The number of amides is 1. The zero-order valence-electron chi connectivity index (χ0n) is 17.2. The average Bonchev–Trinajstić information content (AvgIpc) is 3.22. The Labute approximate surface area is 181 Å². The number of carbonyl (C=O) groups excluding carboxylic acids is 1. The van der Waals surface area contributed by atoms with E-state index in [-0.39, 0.29) is 29.2 Å². The van der Waals surface area contributed by atoms with Gasteiger partial charge in [-0.1, -0.05) is 35.9 Å². The van der Waals surface area contributed by atoms with Crippen molar-refractivity contribution in [3.8, 4) is 0 Å². The average molecular weight is 437 g/mol. The molecule has 6 nitrogen and oxygen atoms in total. The van der Waals surface area contributed by atoms with Crippen molar-refractivity contribution in [2.75, 3.05) is 10.8 Å². The number of aryl methyl sites for hydroxylation is 1. The molecule has 4 aliphatic rings. The summed E-state index contributed by atoms with van der Waals surface area (Å²) in [5.74, 6) is -0.0434. The second kappa shape index (κ2) is 6.20. The van der Waals surface area contributed by atoms with E-state index in [4.69, 9.17) is 0 Å². The standard InChI is InChI=1S/C24H24N2O4S/c1-15-8-10-16(11-9-15)31(29,30)26-19-7-3-2-6-18(19)24-14-22(28)25-12-4-5-17(23(24)25)20(27)13-21(24)26/h2-3,6-11,13,17,20,23,27H,4-5,12,14H2,1H3/t17-,20+,23-,24-/m0/s1. The van der Waals surface area contributed by atoms with Gasteiger partial charge in [0.15, 0.2) is 0 Å². The second-order valence-corrected chi connectivity index (χ2v) is 10.9. The lowest BCUT2D eigenvalue weighted by Gasteiger charge is -2.49. The Morgan fingerprint density at radius 1 is 1.10 bits per heavy atom. The Balaban J connectivity index is 1.62. The minimum absolute atomic E-state index is 0.0408. The number of anilines is 1. The zero-order valence-corrected chi connectivity index (χ0v) is 18.0. The Hall–Kier alpha value is -2.64. The molecule has 3 heterocycles. The predicted octanol–water partition coefficient (Wildman–Crippen LogP) is 2.71. The number of rotatable bonds is 2. The van der Waals surface area contributed by atoms with Crippen LogP contribution in [0.1, 0.15) is 30.4 Å². The highest BCUT2D eigenvalue weighted by Crippen LogP contribution is 2.62. The summed E-state index contributed by atoms with van der Waals surface area (Å²) >= 11 is 0. The third kappa shape index (κ3) is 2.31. The molecule has 1 aliphatic carbocycles. The van der Waals surface area contributed by atoms with E-state index in [0.717, 1.165) is 24.0 Å². The third-order valence-electron chi connectivity index (χ3n) is 7.54. The molecular formula is C24H24N2O4S. The highest BCUT2D eigenvalue weighted by molar-refractivity contribution is 7.93. The quantitative estimate of drug-likeness (QED) is 0.785. The first-order chi connectivity index (χ1) is 14.9. The highest BCUT2D eigenvalue weighted by atomic mass is 32.2. The number of aliphatic hydroxyl groups is 1. The molecule has 6 rings (SSSR count). The first-order valence-corrected chi connectivity index (χ1v) is 12.2.